The molecule has 0 bridgehead atoms. The standard InChI is InChI=1S/C22H24N2O2/c1-17-6-3-4-7-19(17)16-23(2)21(25)14-11-18-9-12-20(13-10-18)24-15-5-8-22(24)26/h3-4,6-7,9-14H,5,8,15-16H2,1-2H3/b14-11-. The molecule has 1 aliphatic heterocycles. The smallest absolute Gasteiger partial charge is 0.246 e. The second-order valence-electron chi connectivity index (χ2n) is 6.69. The van der Waals surface area contributed by atoms with Crippen LogP contribution in [0.25, 0.3) is 6.08 Å². The largest absolute Gasteiger partial charge is 0.338 e. The Balaban J connectivity index is 1.61. The molecule has 134 valence electrons. The normalized spacial score (nSPS) is 14.2. The molecule has 3 rings (SSSR count). The van der Waals surface area contributed by atoms with E-state index in [0.29, 0.717) is 13.0 Å². The van der Waals surface area contributed by atoms with Crippen LogP contribution in [0.15, 0.2) is 54.6 Å². The third-order valence-corrected chi connectivity index (χ3v) is 4.74. The number of carbonyl (C=O) groups is 2. The van der Waals surface area contributed by atoms with Crippen LogP contribution in [0.3, 0.4) is 0 Å². The summed E-state index contributed by atoms with van der Waals surface area (Å²) in [7, 11) is 1.81. The lowest BCUT2D eigenvalue weighted by Crippen LogP contribution is -2.24. The van der Waals surface area contributed by atoms with Gasteiger partial charge in [0.05, 0.1) is 0 Å². The van der Waals surface area contributed by atoms with E-state index in [1.807, 2.05) is 53.4 Å². The molecule has 0 atom stereocenters. The van der Waals surface area contributed by atoms with E-state index in [2.05, 4.69) is 13.0 Å². The Kier molecular flexibility index (Phi) is 5.52. The maximum Gasteiger partial charge on any atom is 0.246 e. The summed E-state index contributed by atoms with van der Waals surface area (Å²) in [4.78, 5) is 27.6. The maximum atomic E-state index is 12.3. The Hall–Kier alpha value is -2.88. The Morgan fingerprint density at radius 2 is 1.88 bits per heavy atom. The van der Waals surface area contributed by atoms with Crippen LogP contribution in [0, 0.1) is 6.92 Å². The third kappa shape index (κ3) is 4.20. The van der Waals surface area contributed by atoms with E-state index in [-0.39, 0.29) is 11.8 Å². The van der Waals surface area contributed by atoms with Crippen LogP contribution in [0.4, 0.5) is 5.69 Å². The predicted octanol–water partition coefficient (Wildman–Crippen LogP) is 3.79. The molecule has 0 aromatic heterocycles. The first-order valence-corrected chi connectivity index (χ1v) is 8.93. The summed E-state index contributed by atoms with van der Waals surface area (Å²) in [5.41, 5.74) is 4.20. The number of hydrogen-bond acceptors (Lipinski definition) is 2. The second kappa shape index (κ2) is 8.00. The Morgan fingerprint density at radius 3 is 2.54 bits per heavy atom. The first-order valence-electron chi connectivity index (χ1n) is 8.93. The third-order valence-electron chi connectivity index (χ3n) is 4.74. The molecule has 4 nitrogen and oxygen atoms in total. The van der Waals surface area contributed by atoms with Gasteiger partial charge in [-0.3, -0.25) is 9.59 Å². The van der Waals surface area contributed by atoms with Gasteiger partial charge < -0.3 is 9.80 Å². The fraction of sp³-hybridized carbons (Fsp3) is 0.273. The number of likely N-dealkylation sites (N-methyl/N-ethyl adjacent to an activating group) is 1. The molecule has 26 heavy (non-hydrogen) atoms. The molecule has 0 unspecified atom stereocenters. The Morgan fingerprint density at radius 1 is 1.15 bits per heavy atom. The molecule has 2 aromatic rings. The second-order valence-corrected chi connectivity index (χ2v) is 6.69. The van der Waals surface area contributed by atoms with Gasteiger partial charge in [-0.25, -0.2) is 0 Å². The van der Waals surface area contributed by atoms with Gasteiger partial charge in [-0.1, -0.05) is 36.4 Å². The molecule has 2 amide bonds. The van der Waals surface area contributed by atoms with Crippen molar-refractivity contribution in [3.63, 3.8) is 0 Å². The van der Waals surface area contributed by atoms with Crippen molar-refractivity contribution in [2.24, 2.45) is 0 Å². The minimum Gasteiger partial charge on any atom is -0.338 e. The highest BCUT2D eigenvalue weighted by Crippen LogP contribution is 2.22. The summed E-state index contributed by atoms with van der Waals surface area (Å²) in [6.45, 7) is 3.43. The molecule has 0 N–H and O–H groups in total. The molecule has 1 aliphatic rings. The van der Waals surface area contributed by atoms with Gasteiger partial charge in [0.2, 0.25) is 11.8 Å². The van der Waals surface area contributed by atoms with Crippen molar-refractivity contribution >= 4 is 23.6 Å². The van der Waals surface area contributed by atoms with Gasteiger partial charge in [0, 0.05) is 38.3 Å². The van der Waals surface area contributed by atoms with Crippen LogP contribution >= 0.6 is 0 Å². The fourth-order valence-electron chi connectivity index (χ4n) is 3.10. The van der Waals surface area contributed by atoms with Gasteiger partial charge in [0.25, 0.3) is 0 Å². The molecule has 4 heteroatoms. The highest BCUT2D eigenvalue weighted by Gasteiger charge is 2.21. The van der Waals surface area contributed by atoms with E-state index in [1.54, 1.807) is 18.0 Å². The summed E-state index contributed by atoms with van der Waals surface area (Å²) in [6, 6.07) is 15.8. The van der Waals surface area contributed by atoms with Crippen LogP contribution in [-0.2, 0) is 16.1 Å². The van der Waals surface area contributed by atoms with Gasteiger partial charge in [-0.2, -0.15) is 0 Å². The van der Waals surface area contributed by atoms with E-state index >= 15 is 0 Å². The monoisotopic (exact) mass is 348 g/mol. The van der Waals surface area contributed by atoms with Crippen LogP contribution < -0.4 is 4.90 Å². The topological polar surface area (TPSA) is 40.6 Å². The van der Waals surface area contributed by atoms with Crippen molar-refractivity contribution in [2.45, 2.75) is 26.3 Å². The Bertz CT molecular complexity index is 824. The van der Waals surface area contributed by atoms with Gasteiger partial charge in [-0.15, -0.1) is 0 Å². The van der Waals surface area contributed by atoms with Crippen molar-refractivity contribution in [1.82, 2.24) is 4.90 Å². The number of rotatable bonds is 5. The number of amides is 2. The first kappa shape index (κ1) is 17.9. The molecular formula is C22H24N2O2. The number of carbonyl (C=O) groups excluding carboxylic acids is 2. The van der Waals surface area contributed by atoms with E-state index in [0.717, 1.165) is 29.8 Å². The zero-order chi connectivity index (χ0) is 18.5. The number of hydrogen-bond donors (Lipinski definition) is 0. The molecule has 1 heterocycles. The van der Waals surface area contributed by atoms with Crippen LogP contribution in [-0.4, -0.2) is 30.3 Å². The molecule has 0 aliphatic carbocycles. The number of nitrogens with zero attached hydrogens (tertiary/aromatic N) is 2. The summed E-state index contributed by atoms with van der Waals surface area (Å²) >= 11 is 0. The zero-order valence-electron chi connectivity index (χ0n) is 15.3. The van der Waals surface area contributed by atoms with Crippen LogP contribution in [0.1, 0.15) is 29.5 Å². The highest BCUT2D eigenvalue weighted by atomic mass is 16.2. The summed E-state index contributed by atoms with van der Waals surface area (Å²) in [5, 5.41) is 0. The van der Waals surface area contributed by atoms with Crippen molar-refractivity contribution in [2.75, 3.05) is 18.5 Å². The quantitative estimate of drug-likeness (QED) is 0.771. The lowest BCUT2D eigenvalue weighted by atomic mass is 10.1. The molecule has 1 fully saturated rings. The molecule has 2 aromatic carbocycles. The molecule has 1 saturated heterocycles. The molecule has 0 saturated carbocycles. The van der Waals surface area contributed by atoms with Crippen molar-refractivity contribution in [3.05, 3.63) is 71.3 Å². The number of aryl methyl sites for hydroxylation is 1. The van der Waals surface area contributed by atoms with Crippen LogP contribution in [0.2, 0.25) is 0 Å². The average Bonchev–Trinajstić information content (AvgIpc) is 3.08. The van der Waals surface area contributed by atoms with Crippen molar-refractivity contribution < 1.29 is 9.59 Å². The van der Waals surface area contributed by atoms with E-state index in [4.69, 9.17) is 0 Å². The maximum absolute atomic E-state index is 12.3. The minimum absolute atomic E-state index is 0.0351. The summed E-state index contributed by atoms with van der Waals surface area (Å²) < 4.78 is 0. The van der Waals surface area contributed by atoms with Crippen molar-refractivity contribution in [1.29, 1.82) is 0 Å². The van der Waals surface area contributed by atoms with E-state index in [9.17, 15) is 9.59 Å². The van der Waals surface area contributed by atoms with E-state index in [1.165, 1.54) is 5.56 Å². The highest BCUT2D eigenvalue weighted by molar-refractivity contribution is 5.95. The summed E-state index contributed by atoms with van der Waals surface area (Å²) in [6.07, 6.45) is 4.95. The number of anilines is 1. The minimum atomic E-state index is -0.0351. The fourth-order valence-corrected chi connectivity index (χ4v) is 3.10. The van der Waals surface area contributed by atoms with Gasteiger partial charge in [0.1, 0.15) is 0 Å². The molecule has 0 radical (unpaired) electrons. The predicted molar refractivity (Wildman–Crippen MR) is 105 cm³/mol. The first-order chi connectivity index (χ1) is 12.5. The zero-order valence-corrected chi connectivity index (χ0v) is 15.3. The molecular weight excluding hydrogens is 324 g/mol. The SMILES string of the molecule is Cc1ccccc1CN(C)C(=O)/C=C\c1ccc(N2CCCC2=O)cc1. The average molecular weight is 348 g/mol. The Labute approximate surface area is 154 Å². The van der Waals surface area contributed by atoms with Gasteiger partial charge in [-0.05, 0) is 48.2 Å². The van der Waals surface area contributed by atoms with Gasteiger partial charge in [0.15, 0.2) is 0 Å². The molecule has 0 spiro atoms. The summed E-state index contributed by atoms with van der Waals surface area (Å²) in [5.74, 6) is 0.147. The van der Waals surface area contributed by atoms with Gasteiger partial charge >= 0.3 is 0 Å². The lowest BCUT2D eigenvalue weighted by Gasteiger charge is -2.17. The van der Waals surface area contributed by atoms with E-state index < -0.39 is 0 Å². The number of benzene rings is 2. The van der Waals surface area contributed by atoms with Crippen molar-refractivity contribution in [3.8, 4) is 0 Å². The lowest BCUT2D eigenvalue weighted by molar-refractivity contribution is -0.125. The van der Waals surface area contributed by atoms with Crippen LogP contribution in [0.5, 0.6) is 0 Å².